The van der Waals surface area contributed by atoms with Crippen molar-refractivity contribution in [1.29, 1.82) is 0 Å². The van der Waals surface area contributed by atoms with Crippen molar-refractivity contribution >= 4 is 16.9 Å². The monoisotopic (exact) mass is 481 g/mol. The van der Waals surface area contributed by atoms with Gasteiger partial charge in [0.15, 0.2) is 0 Å². The molecule has 1 amide bonds. The molecule has 0 saturated carbocycles. The van der Waals surface area contributed by atoms with Crippen LogP contribution >= 0.6 is 0 Å². The molecule has 3 aromatic carbocycles. The molecule has 1 unspecified atom stereocenters. The van der Waals surface area contributed by atoms with Gasteiger partial charge in [-0.2, -0.15) is 13.2 Å². The number of amides is 1. The molecule has 1 aliphatic rings. The summed E-state index contributed by atoms with van der Waals surface area (Å²) in [5, 5.41) is 0. The van der Waals surface area contributed by atoms with E-state index in [2.05, 4.69) is 9.97 Å². The second-order valence-electron chi connectivity index (χ2n) is 9.21. The molecule has 1 fully saturated rings. The Morgan fingerprint density at radius 1 is 1.06 bits per heavy atom. The standard InChI is InChI=1S/C27H23F4N3O/c1-16-4-10-20(17-5-8-19(28)9-6-17)21(14-16)24(35)34-13-3-12-26(34,2)25-32-22-11-7-18(27(29,30)31)15-23(22)33-25/h4-11,14-15H,3,12-13H2,1-2H3,(H,32,33). The summed E-state index contributed by atoms with van der Waals surface area (Å²) in [7, 11) is 0. The third-order valence-electron chi connectivity index (χ3n) is 6.77. The van der Waals surface area contributed by atoms with Crippen LogP contribution in [0.2, 0.25) is 0 Å². The number of likely N-dealkylation sites (tertiary alicyclic amines) is 1. The lowest BCUT2D eigenvalue weighted by Crippen LogP contribution is -2.43. The molecule has 4 aromatic rings. The molecule has 8 heteroatoms. The molecule has 0 radical (unpaired) electrons. The Kier molecular flexibility index (Phi) is 5.42. The van der Waals surface area contributed by atoms with Crippen LogP contribution < -0.4 is 0 Å². The van der Waals surface area contributed by atoms with E-state index in [1.165, 1.54) is 18.2 Å². The first-order valence-corrected chi connectivity index (χ1v) is 11.3. The van der Waals surface area contributed by atoms with Crippen LogP contribution in [0.15, 0.2) is 60.7 Å². The fourth-order valence-electron chi connectivity index (χ4n) is 4.83. The number of halogens is 4. The van der Waals surface area contributed by atoms with Gasteiger partial charge in [-0.15, -0.1) is 0 Å². The molecular formula is C27H23F4N3O. The molecule has 4 nitrogen and oxygen atoms in total. The van der Waals surface area contributed by atoms with Crippen LogP contribution in [0.3, 0.4) is 0 Å². The van der Waals surface area contributed by atoms with Crippen LogP contribution in [-0.4, -0.2) is 27.3 Å². The predicted octanol–water partition coefficient (Wildman–Crippen LogP) is 6.85. The Hall–Kier alpha value is -3.68. The first-order valence-electron chi connectivity index (χ1n) is 11.3. The van der Waals surface area contributed by atoms with Gasteiger partial charge < -0.3 is 9.88 Å². The van der Waals surface area contributed by atoms with Gasteiger partial charge >= 0.3 is 6.18 Å². The molecule has 180 valence electrons. The van der Waals surface area contributed by atoms with E-state index in [-0.39, 0.29) is 17.2 Å². The second kappa shape index (κ2) is 8.22. The number of nitrogens with zero attached hydrogens (tertiary/aromatic N) is 2. The number of hydrogen-bond acceptors (Lipinski definition) is 2. The fraction of sp³-hybridized carbons (Fsp3) is 0.259. The number of aromatic nitrogens is 2. The zero-order chi connectivity index (χ0) is 25.0. The van der Waals surface area contributed by atoms with Crippen molar-refractivity contribution in [2.75, 3.05) is 6.54 Å². The summed E-state index contributed by atoms with van der Waals surface area (Å²) in [4.78, 5) is 23.3. The highest BCUT2D eigenvalue weighted by molar-refractivity contribution is 6.01. The number of aryl methyl sites for hydroxylation is 1. The molecule has 35 heavy (non-hydrogen) atoms. The molecule has 1 aromatic heterocycles. The van der Waals surface area contributed by atoms with E-state index in [9.17, 15) is 22.4 Å². The number of H-pyrrole nitrogens is 1. The Morgan fingerprint density at radius 3 is 2.51 bits per heavy atom. The van der Waals surface area contributed by atoms with Gasteiger partial charge in [-0.25, -0.2) is 9.37 Å². The van der Waals surface area contributed by atoms with E-state index in [1.807, 2.05) is 32.0 Å². The molecule has 0 aliphatic carbocycles. The lowest BCUT2D eigenvalue weighted by molar-refractivity contribution is -0.137. The van der Waals surface area contributed by atoms with Crippen LogP contribution in [-0.2, 0) is 11.7 Å². The van der Waals surface area contributed by atoms with Crippen LogP contribution in [0.1, 0.15) is 47.1 Å². The summed E-state index contributed by atoms with van der Waals surface area (Å²) in [6, 6.07) is 15.0. The van der Waals surface area contributed by atoms with E-state index in [4.69, 9.17) is 0 Å². The van der Waals surface area contributed by atoms with Crippen molar-refractivity contribution < 1.29 is 22.4 Å². The SMILES string of the molecule is Cc1ccc(-c2ccc(F)cc2)c(C(=O)N2CCCC2(C)c2nc3cc(C(F)(F)F)ccc3[nH]2)c1. The third kappa shape index (κ3) is 4.07. The van der Waals surface area contributed by atoms with Gasteiger partial charge in [-0.1, -0.05) is 29.8 Å². The van der Waals surface area contributed by atoms with Crippen molar-refractivity contribution in [3.63, 3.8) is 0 Å². The highest BCUT2D eigenvalue weighted by atomic mass is 19.4. The number of nitrogens with one attached hydrogen (secondary N) is 1. The number of imidazole rings is 1. The van der Waals surface area contributed by atoms with Gasteiger partial charge in [0.25, 0.3) is 5.91 Å². The summed E-state index contributed by atoms with van der Waals surface area (Å²) >= 11 is 0. The fourth-order valence-corrected chi connectivity index (χ4v) is 4.83. The van der Waals surface area contributed by atoms with E-state index in [0.29, 0.717) is 35.4 Å². The zero-order valence-electron chi connectivity index (χ0n) is 19.2. The van der Waals surface area contributed by atoms with Crippen molar-refractivity contribution in [3.8, 4) is 11.1 Å². The molecular weight excluding hydrogens is 458 g/mol. The Labute approximate surface area is 199 Å². The number of carbonyl (C=O) groups is 1. The smallest absolute Gasteiger partial charge is 0.340 e. The van der Waals surface area contributed by atoms with Crippen molar-refractivity contribution in [3.05, 3.63) is 89.0 Å². The first-order chi connectivity index (χ1) is 16.6. The quantitative estimate of drug-likeness (QED) is 0.326. The average Bonchev–Trinajstić information content (AvgIpc) is 3.43. The Bertz CT molecular complexity index is 1420. The average molecular weight is 481 g/mol. The molecule has 2 heterocycles. The summed E-state index contributed by atoms with van der Waals surface area (Å²) in [5.74, 6) is -0.113. The minimum absolute atomic E-state index is 0.204. The topological polar surface area (TPSA) is 49.0 Å². The molecule has 1 aliphatic heterocycles. The van der Waals surface area contributed by atoms with Crippen LogP contribution in [0.4, 0.5) is 17.6 Å². The minimum atomic E-state index is -4.46. The third-order valence-corrected chi connectivity index (χ3v) is 6.77. The summed E-state index contributed by atoms with van der Waals surface area (Å²) in [6.45, 7) is 4.26. The maximum atomic E-state index is 13.9. The molecule has 5 rings (SSSR count). The van der Waals surface area contributed by atoms with Gasteiger partial charge in [0, 0.05) is 12.1 Å². The van der Waals surface area contributed by atoms with Gasteiger partial charge in [0.1, 0.15) is 11.6 Å². The number of alkyl halides is 3. The molecule has 1 N–H and O–H groups in total. The highest BCUT2D eigenvalue weighted by Crippen LogP contribution is 2.40. The first kappa shape index (κ1) is 23.1. The minimum Gasteiger partial charge on any atom is -0.340 e. The van der Waals surface area contributed by atoms with Crippen LogP contribution in [0, 0.1) is 12.7 Å². The van der Waals surface area contributed by atoms with Crippen molar-refractivity contribution in [2.24, 2.45) is 0 Å². The van der Waals surface area contributed by atoms with E-state index < -0.39 is 17.3 Å². The number of benzene rings is 3. The normalized spacial score (nSPS) is 18.4. The summed E-state index contributed by atoms with van der Waals surface area (Å²) in [6.07, 6.45) is -3.12. The Balaban J connectivity index is 1.55. The summed E-state index contributed by atoms with van der Waals surface area (Å²) in [5.41, 5.74) is 1.90. The van der Waals surface area contributed by atoms with E-state index in [1.54, 1.807) is 17.0 Å². The number of rotatable bonds is 3. The van der Waals surface area contributed by atoms with E-state index >= 15 is 0 Å². The second-order valence-corrected chi connectivity index (χ2v) is 9.21. The molecule has 0 spiro atoms. The maximum absolute atomic E-state index is 13.9. The Morgan fingerprint density at radius 2 is 1.80 bits per heavy atom. The number of carbonyl (C=O) groups excluding carboxylic acids is 1. The molecule has 1 saturated heterocycles. The van der Waals surface area contributed by atoms with Gasteiger partial charge in [0.05, 0.1) is 22.1 Å². The number of hydrogen-bond donors (Lipinski definition) is 1. The largest absolute Gasteiger partial charge is 0.416 e. The lowest BCUT2D eigenvalue weighted by atomic mass is 9.94. The molecule has 1 atom stereocenters. The molecule has 0 bridgehead atoms. The number of aromatic amines is 1. The predicted molar refractivity (Wildman–Crippen MR) is 125 cm³/mol. The number of fused-ring (bicyclic) bond motifs is 1. The summed E-state index contributed by atoms with van der Waals surface area (Å²) < 4.78 is 53.0. The van der Waals surface area contributed by atoms with Crippen LogP contribution in [0.25, 0.3) is 22.2 Å². The van der Waals surface area contributed by atoms with E-state index in [0.717, 1.165) is 29.7 Å². The van der Waals surface area contributed by atoms with Crippen LogP contribution in [0.5, 0.6) is 0 Å². The lowest BCUT2D eigenvalue weighted by Gasteiger charge is -2.34. The highest BCUT2D eigenvalue weighted by Gasteiger charge is 2.44. The van der Waals surface area contributed by atoms with Crippen molar-refractivity contribution in [2.45, 2.75) is 38.4 Å². The maximum Gasteiger partial charge on any atom is 0.416 e. The van der Waals surface area contributed by atoms with Crippen molar-refractivity contribution in [1.82, 2.24) is 14.9 Å². The zero-order valence-corrected chi connectivity index (χ0v) is 19.2. The van der Waals surface area contributed by atoms with Gasteiger partial charge in [-0.05, 0) is 74.2 Å². The van der Waals surface area contributed by atoms with Gasteiger partial charge in [0.2, 0.25) is 0 Å². The van der Waals surface area contributed by atoms with Gasteiger partial charge in [-0.3, -0.25) is 4.79 Å².